The van der Waals surface area contributed by atoms with Crippen LogP contribution in [0.3, 0.4) is 0 Å². The molecule has 0 heterocycles. The topological polar surface area (TPSA) is 67.4 Å². The first-order chi connectivity index (χ1) is 12.1. The molecule has 0 saturated carbocycles. The van der Waals surface area contributed by atoms with Crippen LogP contribution in [0.1, 0.15) is 39.6 Å². The second-order valence-corrected chi connectivity index (χ2v) is 5.67. The first-order valence-corrected chi connectivity index (χ1v) is 8.44. The van der Waals surface area contributed by atoms with Gasteiger partial charge in [0.1, 0.15) is 0 Å². The van der Waals surface area contributed by atoms with E-state index in [2.05, 4.69) is 10.6 Å². The van der Waals surface area contributed by atoms with Gasteiger partial charge in [0, 0.05) is 25.3 Å². The van der Waals surface area contributed by atoms with Gasteiger partial charge in [-0.1, -0.05) is 29.8 Å². The Balaban J connectivity index is 2.00. The summed E-state index contributed by atoms with van der Waals surface area (Å²) in [6.07, 6.45) is 0.747. The molecule has 25 heavy (non-hydrogen) atoms. The predicted octanol–water partition coefficient (Wildman–Crippen LogP) is 3.40. The van der Waals surface area contributed by atoms with Crippen molar-refractivity contribution in [3.63, 3.8) is 0 Å². The zero-order valence-corrected chi connectivity index (χ0v) is 14.7. The van der Waals surface area contributed by atoms with Crippen molar-refractivity contribution in [2.24, 2.45) is 0 Å². The van der Waals surface area contributed by atoms with Gasteiger partial charge in [-0.2, -0.15) is 0 Å². The molecule has 0 atom stereocenters. The van der Waals surface area contributed by atoms with Gasteiger partial charge in [-0.05, 0) is 44.5 Å². The van der Waals surface area contributed by atoms with Gasteiger partial charge in [0.05, 0.1) is 11.3 Å². The Hall–Kier alpha value is -2.66. The van der Waals surface area contributed by atoms with Crippen molar-refractivity contribution in [2.45, 2.75) is 20.3 Å². The van der Waals surface area contributed by atoms with Crippen molar-refractivity contribution in [3.8, 4) is 0 Å². The van der Waals surface area contributed by atoms with Crippen LogP contribution in [0.15, 0.2) is 48.5 Å². The van der Waals surface area contributed by atoms with Crippen LogP contribution >= 0.6 is 0 Å². The SMILES string of the molecule is CCOCCCNC(=O)c1ccccc1NC(=O)c1ccc(C)cc1. The lowest BCUT2D eigenvalue weighted by molar-refractivity contribution is 0.0945. The fraction of sp³-hybridized carbons (Fsp3) is 0.300. The normalized spacial score (nSPS) is 10.3. The number of benzene rings is 2. The van der Waals surface area contributed by atoms with Crippen LogP contribution in [-0.2, 0) is 4.74 Å². The molecule has 0 bridgehead atoms. The van der Waals surface area contributed by atoms with Crippen molar-refractivity contribution < 1.29 is 14.3 Å². The monoisotopic (exact) mass is 340 g/mol. The van der Waals surface area contributed by atoms with Gasteiger partial charge in [-0.3, -0.25) is 9.59 Å². The number of hydrogen-bond donors (Lipinski definition) is 2. The molecule has 2 rings (SSSR count). The molecule has 132 valence electrons. The van der Waals surface area contributed by atoms with E-state index in [1.54, 1.807) is 36.4 Å². The fourth-order valence-corrected chi connectivity index (χ4v) is 2.31. The van der Waals surface area contributed by atoms with E-state index in [4.69, 9.17) is 4.74 Å². The fourth-order valence-electron chi connectivity index (χ4n) is 2.31. The minimum atomic E-state index is -0.239. The second-order valence-electron chi connectivity index (χ2n) is 5.67. The van der Waals surface area contributed by atoms with E-state index in [-0.39, 0.29) is 11.8 Å². The number of rotatable bonds is 8. The zero-order chi connectivity index (χ0) is 18.1. The highest BCUT2D eigenvalue weighted by Gasteiger charge is 2.13. The summed E-state index contributed by atoms with van der Waals surface area (Å²) >= 11 is 0. The summed E-state index contributed by atoms with van der Waals surface area (Å²) in [6.45, 7) is 5.71. The molecule has 0 aliphatic rings. The molecule has 0 aliphatic heterocycles. The van der Waals surface area contributed by atoms with E-state index in [0.717, 1.165) is 12.0 Å². The first-order valence-electron chi connectivity index (χ1n) is 8.44. The summed E-state index contributed by atoms with van der Waals surface area (Å²) in [5.74, 6) is -0.451. The van der Waals surface area contributed by atoms with Gasteiger partial charge in [0.2, 0.25) is 0 Å². The largest absolute Gasteiger partial charge is 0.382 e. The summed E-state index contributed by atoms with van der Waals surface area (Å²) in [6, 6.07) is 14.3. The van der Waals surface area contributed by atoms with Crippen LogP contribution in [-0.4, -0.2) is 31.6 Å². The molecule has 0 fully saturated rings. The summed E-state index contributed by atoms with van der Waals surface area (Å²) in [7, 11) is 0. The van der Waals surface area contributed by atoms with Crippen molar-refractivity contribution in [1.82, 2.24) is 5.32 Å². The number of hydrogen-bond acceptors (Lipinski definition) is 3. The van der Waals surface area contributed by atoms with E-state index in [1.807, 2.05) is 26.0 Å². The molecule has 5 nitrogen and oxygen atoms in total. The third kappa shape index (κ3) is 5.72. The van der Waals surface area contributed by atoms with Crippen molar-refractivity contribution >= 4 is 17.5 Å². The highest BCUT2D eigenvalue weighted by atomic mass is 16.5. The highest BCUT2D eigenvalue weighted by molar-refractivity contribution is 6.09. The van der Waals surface area contributed by atoms with Gasteiger partial charge in [0.25, 0.3) is 11.8 Å². The van der Waals surface area contributed by atoms with Crippen molar-refractivity contribution in [1.29, 1.82) is 0 Å². The Morgan fingerprint density at radius 2 is 1.72 bits per heavy atom. The molecule has 0 spiro atoms. The summed E-state index contributed by atoms with van der Waals surface area (Å²) in [4.78, 5) is 24.7. The molecular formula is C20H24N2O3. The lowest BCUT2D eigenvalue weighted by atomic mass is 10.1. The van der Waals surface area contributed by atoms with Gasteiger partial charge in [-0.15, -0.1) is 0 Å². The lowest BCUT2D eigenvalue weighted by Crippen LogP contribution is -2.26. The molecular weight excluding hydrogens is 316 g/mol. The molecule has 2 aromatic carbocycles. The number of nitrogens with one attached hydrogen (secondary N) is 2. The maximum Gasteiger partial charge on any atom is 0.255 e. The van der Waals surface area contributed by atoms with Crippen LogP contribution in [0.2, 0.25) is 0 Å². The van der Waals surface area contributed by atoms with E-state index in [1.165, 1.54) is 0 Å². The third-order valence-corrected chi connectivity index (χ3v) is 3.69. The minimum Gasteiger partial charge on any atom is -0.382 e. The molecule has 2 N–H and O–H groups in total. The number of ether oxygens (including phenoxy) is 1. The van der Waals surface area contributed by atoms with Crippen LogP contribution in [0, 0.1) is 6.92 Å². The molecule has 0 unspecified atom stereocenters. The minimum absolute atomic E-state index is 0.212. The number of carbonyl (C=O) groups excluding carboxylic acids is 2. The van der Waals surface area contributed by atoms with Crippen LogP contribution in [0.5, 0.6) is 0 Å². The Morgan fingerprint density at radius 3 is 2.44 bits per heavy atom. The second kappa shape index (κ2) is 9.59. The van der Waals surface area contributed by atoms with Crippen molar-refractivity contribution in [3.05, 3.63) is 65.2 Å². The summed E-state index contributed by atoms with van der Waals surface area (Å²) in [5.41, 5.74) is 2.58. The van der Waals surface area contributed by atoms with Crippen LogP contribution in [0.25, 0.3) is 0 Å². The van der Waals surface area contributed by atoms with E-state index >= 15 is 0 Å². The Labute approximate surface area is 148 Å². The van der Waals surface area contributed by atoms with Gasteiger partial charge in [-0.25, -0.2) is 0 Å². The van der Waals surface area contributed by atoms with Gasteiger partial charge >= 0.3 is 0 Å². The number of para-hydroxylation sites is 1. The Bertz CT molecular complexity index is 711. The van der Waals surface area contributed by atoms with Gasteiger partial charge in [0.15, 0.2) is 0 Å². The third-order valence-electron chi connectivity index (χ3n) is 3.69. The standard InChI is InChI=1S/C20H24N2O3/c1-3-25-14-6-13-21-20(24)17-7-4-5-8-18(17)22-19(23)16-11-9-15(2)10-12-16/h4-5,7-12H,3,6,13-14H2,1-2H3,(H,21,24)(H,22,23). The zero-order valence-electron chi connectivity index (χ0n) is 14.7. The molecule has 0 aromatic heterocycles. The van der Waals surface area contributed by atoms with Crippen molar-refractivity contribution in [2.75, 3.05) is 25.1 Å². The average molecular weight is 340 g/mol. The molecule has 0 saturated heterocycles. The molecule has 2 amide bonds. The quantitative estimate of drug-likeness (QED) is 0.724. The smallest absolute Gasteiger partial charge is 0.255 e. The summed E-state index contributed by atoms with van der Waals surface area (Å²) < 4.78 is 5.25. The molecule has 2 aromatic rings. The Kier molecular flexibility index (Phi) is 7.16. The number of anilines is 1. The van der Waals surface area contributed by atoms with Gasteiger partial charge < -0.3 is 15.4 Å². The number of aryl methyl sites for hydroxylation is 1. The molecule has 5 heteroatoms. The highest BCUT2D eigenvalue weighted by Crippen LogP contribution is 2.16. The van der Waals surface area contributed by atoms with E-state index in [9.17, 15) is 9.59 Å². The summed E-state index contributed by atoms with van der Waals surface area (Å²) in [5, 5.41) is 5.66. The van der Waals surface area contributed by atoms with Crippen LogP contribution in [0.4, 0.5) is 5.69 Å². The number of amides is 2. The maximum atomic E-state index is 12.4. The van der Waals surface area contributed by atoms with Crippen LogP contribution < -0.4 is 10.6 Å². The van der Waals surface area contributed by atoms with E-state index in [0.29, 0.717) is 36.6 Å². The maximum absolute atomic E-state index is 12.4. The molecule has 0 radical (unpaired) electrons. The van der Waals surface area contributed by atoms with E-state index < -0.39 is 0 Å². The Morgan fingerprint density at radius 1 is 1.00 bits per heavy atom. The average Bonchev–Trinajstić information content (AvgIpc) is 2.62. The first kappa shape index (κ1) is 18.7. The molecule has 0 aliphatic carbocycles. The predicted molar refractivity (Wildman–Crippen MR) is 99.0 cm³/mol. The number of carbonyl (C=O) groups is 2. The lowest BCUT2D eigenvalue weighted by Gasteiger charge is -2.11.